The summed E-state index contributed by atoms with van der Waals surface area (Å²) in [6.45, 7) is 5.61. The highest BCUT2D eigenvalue weighted by Crippen LogP contribution is 2.46. The van der Waals surface area contributed by atoms with Crippen molar-refractivity contribution in [2.45, 2.75) is 36.0 Å². The Morgan fingerprint density at radius 2 is 1.74 bits per heavy atom. The van der Waals surface area contributed by atoms with Gasteiger partial charge in [0, 0.05) is 16.3 Å². The second-order valence-corrected chi connectivity index (χ2v) is 7.80. The van der Waals surface area contributed by atoms with Crippen molar-refractivity contribution in [3.05, 3.63) is 65.2 Å². The Morgan fingerprint density at radius 3 is 2.48 bits per heavy atom. The Labute approximate surface area is 144 Å². The van der Waals surface area contributed by atoms with Gasteiger partial charge in [0.05, 0.1) is 0 Å². The molecule has 0 unspecified atom stereocenters. The third-order valence-electron chi connectivity index (χ3n) is 4.28. The molecule has 0 N–H and O–H groups in total. The number of hydrogen-bond acceptors (Lipinski definition) is 2. The average Bonchev–Trinajstić information content (AvgIpc) is 2.53. The molecule has 1 aliphatic heterocycles. The molecule has 2 heteroatoms. The van der Waals surface area contributed by atoms with Gasteiger partial charge in [0.25, 0.3) is 0 Å². The van der Waals surface area contributed by atoms with Crippen LogP contribution in [-0.4, -0.2) is 25.5 Å². The smallest absolute Gasteiger partial charge is 0.0201 e. The third-order valence-corrected chi connectivity index (χ3v) is 5.43. The molecule has 3 rings (SSSR count). The summed E-state index contributed by atoms with van der Waals surface area (Å²) in [6, 6.07) is 15.7. The zero-order valence-electron chi connectivity index (χ0n) is 14.5. The highest BCUT2D eigenvalue weighted by Gasteiger charge is 2.21. The van der Waals surface area contributed by atoms with Gasteiger partial charge in [-0.15, -0.1) is 0 Å². The maximum Gasteiger partial charge on any atom is 0.0201 e. The molecule has 0 spiro atoms. The Kier molecular flexibility index (Phi) is 4.93. The van der Waals surface area contributed by atoms with Gasteiger partial charge in [0.15, 0.2) is 0 Å². The molecule has 1 heterocycles. The minimum absolute atomic E-state index is 0.561. The minimum Gasteiger partial charge on any atom is -0.309 e. The van der Waals surface area contributed by atoms with Crippen molar-refractivity contribution in [3.63, 3.8) is 0 Å². The molecule has 23 heavy (non-hydrogen) atoms. The maximum absolute atomic E-state index is 2.42. The number of fused-ring (bicyclic) bond motifs is 2. The van der Waals surface area contributed by atoms with E-state index in [9.17, 15) is 0 Å². The van der Waals surface area contributed by atoms with E-state index in [4.69, 9.17) is 0 Å². The molecule has 2 aromatic carbocycles. The van der Waals surface area contributed by atoms with Crippen molar-refractivity contribution in [2.75, 3.05) is 20.6 Å². The molecule has 2 aromatic rings. The van der Waals surface area contributed by atoms with Crippen LogP contribution in [0.4, 0.5) is 0 Å². The number of hydrogen-bond donors (Lipinski definition) is 0. The summed E-state index contributed by atoms with van der Waals surface area (Å²) in [5.74, 6) is 0.561. The first-order chi connectivity index (χ1) is 11.1. The lowest BCUT2D eigenvalue weighted by molar-refractivity contribution is 0.417. The predicted octanol–water partition coefficient (Wildman–Crippen LogP) is 5.66. The van der Waals surface area contributed by atoms with Crippen LogP contribution in [0.25, 0.3) is 5.57 Å². The molecular formula is C21H25NS. The van der Waals surface area contributed by atoms with Gasteiger partial charge < -0.3 is 4.90 Å². The molecule has 1 nitrogen and oxygen atoms in total. The van der Waals surface area contributed by atoms with Crippen molar-refractivity contribution < 1.29 is 0 Å². The molecule has 0 amide bonds. The fraction of sp³-hybridized carbons (Fsp3) is 0.333. The molecule has 0 bridgehead atoms. The molecule has 0 saturated heterocycles. The van der Waals surface area contributed by atoms with E-state index in [1.54, 1.807) is 0 Å². The first-order valence-electron chi connectivity index (χ1n) is 8.32. The molecule has 0 atom stereocenters. The second-order valence-electron chi connectivity index (χ2n) is 6.72. The summed E-state index contributed by atoms with van der Waals surface area (Å²) in [7, 11) is 4.27. The summed E-state index contributed by atoms with van der Waals surface area (Å²) in [6.07, 6.45) is 3.49. The van der Waals surface area contributed by atoms with Crippen LogP contribution < -0.4 is 0 Å². The van der Waals surface area contributed by atoms with Gasteiger partial charge in [-0.1, -0.05) is 56.0 Å². The summed E-state index contributed by atoms with van der Waals surface area (Å²) < 4.78 is 0. The van der Waals surface area contributed by atoms with Crippen molar-refractivity contribution in [2.24, 2.45) is 0 Å². The van der Waals surface area contributed by atoms with E-state index in [0.29, 0.717) is 5.92 Å². The lowest BCUT2D eigenvalue weighted by Gasteiger charge is -2.23. The van der Waals surface area contributed by atoms with Crippen molar-refractivity contribution in [1.29, 1.82) is 0 Å². The predicted molar refractivity (Wildman–Crippen MR) is 101 cm³/mol. The van der Waals surface area contributed by atoms with E-state index in [-0.39, 0.29) is 0 Å². The molecule has 120 valence electrons. The van der Waals surface area contributed by atoms with Crippen LogP contribution >= 0.6 is 11.8 Å². The van der Waals surface area contributed by atoms with E-state index in [1.165, 1.54) is 32.1 Å². The van der Waals surface area contributed by atoms with Crippen LogP contribution in [0, 0.1) is 0 Å². The minimum atomic E-state index is 0.561. The van der Waals surface area contributed by atoms with Crippen molar-refractivity contribution in [3.8, 4) is 0 Å². The van der Waals surface area contributed by atoms with Crippen LogP contribution in [-0.2, 0) is 0 Å². The van der Waals surface area contributed by atoms with Crippen LogP contribution in [0.5, 0.6) is 0 Å². The van der Waals surface area contributed by atoms with Gasteiger partial charge in [-0.25, -0.2) is 0 Å². The summed E-state index contributed by atoms with van der Waals surface area (Å²) in [5, 5.41) is 0. The van der Waals surface area contributed by atoms with E-state index in [0.717, 1.165) is 13.0 Å². The maximum atomic E-state index is 2.42. The van der Waals surface area contributed by atoms with Crippen LogP contribution in [0.15, 0.2) is 58.3 Å². The molecule has 0 saturated carbocycles. The summed E-state index contributed by atoms with van der Waals surface area (Å²) in [4.78, 5) is 4.99. The van der Waals surface area contributed by atoms with E-state index >= 15 is 0 Å². The molecule has 0 aromatic heterocycles. The SMILES string of the molecule is CC(C)c1ccc2c(c1)/C(=C/CCN(C)C)c1ccccc1S2. The Morgan fingerprint density at radius 1 is 1.00 bits per heavy atom. The normalized spacial score (nSPS) is 15.1. The average molecular weight is 324 g/mol. The van der Waals surface area contributed by atoms with Crippen LogP contribution in [0.2, 0.25) is 0 Å². The largest absolute Gasteiger partial charge is 0.309 e. The monoisotopic (exact) mass is 323 g/mol. The first-order valence-corrected chi connectivity index (χ1v) is 9.14. The molecule has 0 fully saturated rings. The van der Waals surface area contributed by atoms with Gasteiger partial charge in [0.2, 0.25) is 0 Å². The lowest BCUT2D eigenvalue weighted by atomic mass is 9.92. The second kappa shape index (κ2) is 6.94. The Balaban J connectivity index is 2.07. The first kappa shape index (κ1) is 16.4. The zero-order chi connectivity index (χ0) is 16.4. The topological polar surface area (TPSA) is 3.24 Å². The van der Waals surface area contributed by atoms with Gasteiger partial charge >= 0.3 is 0 Å². The van der Waals surface area contributed by atoms with Gasteiger partial charge in [-0.3, -0.25) is 0 Å². The summed E-state index contributed by atoms with van der Waals surface area (Å²) >= 11 is 1.90. The molecular weight excluding hydrogens is 298 g/mol. The molecule has 0 radical (unpaired) electrons. The van der Waals surface area contributed by atoms with E-state index in [2.05, 4.69) is 81.4 Å². The Bertz CT molecular complexity index is 728. The quantitative estimate of drug-likeness (QED) is 0.609. The molecule has 1 aliphatic rings. The van der Waals surface area contributed by atoms with Crippen LogP contribution in [0.3, 0.4) is 0 Å². The number of rotatable bonds is 4. The fourth-order valence-corrected chi connectivity index (χ4v) is 4.02. The van der Waals surface area contributed by atoms with E-state index < -0.39 is 0 Å². The Hall–Kier alpha value is -1.51. The van der Waals surface area contributed by atoms with Gasteiger partial charge in [-0.05, 0) is 66.9 Å². The highest BCUT2D eigenvalue weighted by molar-refractivity contribution is 7.99. The van der Waals surface area contributed by atoms with Crippen molar-refractivity contribution in [1.82, 2.24) is 4.90 Å². The van der Waals surface area contributed by atoms with Crippen molar-refractivity contribution >= 4 is 17.3 Å². The van der Waals surface area contributed by atoms with Gasteiger partial charge in [-0.2, -0.15) is 0 Å². The third kappa shape index (κ3) is 3.54. The molecule has 0 aliphatic carbocycles. The number of benzene rings is 2. The van der Waals surface area contributed by atoms with Gasteiger partial charge in [0.1, 0.15) is 0 Å². The number of nitrogens with zero attached hydrogens (tertiary/aromatic N) is 1. The zero-order valence-corrected chi connectivity index (χ0v) is 15.3. The summed E-state index contributed by atoms with van der Waals surface area (Å²) in [5.41, 5.74) is 5.60. The fourth-order valence-electron chi connectivity index (χ4n) is 2.93. The standard InChI is InChI=1S/C21H25NS/c1-15(2)16-11-12-21-19(14-16)17(9-7-13-22(3)4)18-8-5-6-10-20(18)23-21/h5-6,8-12,14-15H,7,13H2,1-4H3/b17-9+. The van der Waals surface area contributed by atoms with E-state index in [1.807, 2.05) is 11.8 Å². The lowest BCUT2D eigenvalue weighted by Crippen LogP contribution is -2.12. The highest BCUT2D eigenvalue weighted by atomic mass is 32.2. The van der Waals surface area contributed by atoms with Crippen LogP contribution in [0.1, 0.15) is 42.9 Å².